The normalized spacial score (nSPS) is 8.60. The van der Waals surface area contributed by atoms with E-state index >= 15 is 0 Å². The van der Waals surface area contributed by atoms with Crippen molar-refractivity contribution in [1.82, 2.24) is 0 Å². The van der Waals surface area contributed by atoms with Crippen molar-refractivity contribution in [3.8, 4) is 5.75 Å². The molecule has 0 spiro atoms. The summed E-state index contributed by atoms with van der Waals surface area (Å²) in [5.74, 6) is 0.943. The van der Waals surface area contributed by atoms with Crippen LogP contribution in [0.4, 0.5) is 0 Å². The molecule has 0 N–H and O–H groups in total. The fourth-order valence-electron chi connectivity index (χ4n) is 0.715. The zero-order valence-corrected chi connectivity index (χ0v) is 12.9. The third kappa shape index (κ3) is 2.24. The van der Waals surface area contributed by atoms with E-state index in [-0.39, 0.29) is 0 Å². The van der Waals surface area contributed by atoms with Gasteiger partial charge in [-0.15, -0.1) is 0 Å². The van der Waals surface area contributed by atoms with Gasteiger partial charge in [0.05, 0.1) is 0 Å². The number of hydrogen-bond donors (Lipinski definition) is 0. The first-order valence-electron chi connectivity index (χ1n) is 3.05. The zero-order valence-electron chi connectivity index (χ0n) is 5.80. The van der Waals surface area contributed by atoms with Crippen LogP contribution < -0.4 is 7.81 Å². The molecule has 3 heteroatoms. The molecule has 0 saturated heterocycles. The molecule has 0 aliphatic rings. The molecular formula is C7H7BrHgO. The van der Waals surface area contributed by atoms with Gasteiger partial charge in [-0.1, -0.05) is 0 Å². The van der Waals surface area contributed by atoms with Gasteiger partial charge in [-0.2, -0.15) is 0 Å². The van der Waals surface area contributed by atoms with E-state index in [1.165, 1.54) is 3.07 Å². The SMILES string of the molecule is COc1cc[c]([Hg][Br])cc1. The molecule has 1 nitrogen and oxygen atoms in total. The van der Waals surface area contributed by atoms with Crippen molar-refractivity contribution in [2.24, 2.45) is 0 Å². The maximum atomic E-state index is 5.02. The first kappa shape index (κ1) is 8.53. The van der Waals surface area contributed by atoms with Crippen molar-refractivity contribution < 1.29 is 26.9 Å². The number of halogens is 1. The summed E-state index contributed by atoms with van der Waals surface area (Å²) in [5.41, 5.74) is 0. The molecule has 0 aliphatic heterocycles. The zero-order chi connectivity index (χ0) is 7.40. The molecule has 0 saturated carbocycles. The molecule has 0 bridgehead atoms. The van der Waals surface area contributed by atoms with Crippen LogP contribution in [-0.4, -0.2) is 7.11 Å². The Bertz CT molecular complexity index is 174. The summed E-state index contributed by atoms with van der Waals surface area (Å²) < 4.78 is 6.51. The first-order valence-corrected chi connectivity index (χ1v) is 17.7. The summed E-state index contributed by atoms with van der Waals surface area (Å²) in [6.45, 7) is 0. The molecule has 0 fully saturated rings. The van der Waals surface area contributed by atoms with E-state index in [9.17, 15) is 0 Å². The molecule has 0 aliphatic carbocycles. The summed E-state index contributed by atoms with van der Waals surface area (Å²) >= 11 is 2.76. The van der Waals surface area contributed by atoms with Crippen molar-refractivity contribution >= 4 is 15.0 Å². The van der Waals surface area contributed by atoms with Crippen molar-refractivity contribution in [2.45, 2.75) is 0 Å². The van der Waals surface area contributed by atoms with Gasteiger partial charge in [0, 0.05) is 0 Å². The van der Waals surface area contributed by atoms with E-state index in [1.807, 2.05) is 12.1 Å². The van der Waals surface area contributed by atoms with E-state index in [0.717, 1.165) is 5.75 Å². The molecule has 10 heavy (non-hydrogen) atoms. The Morgan fingerprint density at radius 1 is 1.30 bits per heavy atom. The minimum atomic E-state index is -0.821. The minimum absolute atomic E-state index is 0.821. The van der Waals surface area contributed by atoms with Gasteiger partial charge in [0.2, 0.25) is 0 Å². The van der Waals surface area contributed by atoms with E-state index in [2.05, 4.69) is 24.0 Å². The Kier molecular flexibility index (Phi) is 3.70. The number of rotatable bonds is 2. The van der Waals surface area contributed by atoms with E-state index in [4.69, 9.17) is 4.74 Å². The summed E-state index contributed by atoms with van der Waals surface area (Å²) in [6.07, 6.45) is 0. The van der Waals surface area contributed by atoms with Gasteiger partial charge in [-0.05, 0) is 0 Å². The van der Waals surface area contributed by atoms with Crippen LogP contribution in [0.1, 0.15) is 0 Å². The Morgan fingerprint density at radius 3 is 2.30 bits per heavy atom. The predicted molar refractivity (Wildman–Crippen MR) is 41.6 cm³/mol. The Hall–Kier alpha value is 0.435. The molecule has 1 aromatic rings. The molecule has 0 heterocycles. The summed E-state index contributed by atoms with van der Waals surface area (Å²) in [7, 11) is 1.69. The standard InChI is InChI=1S/C7H7O.BrH.Hg/c1-8-7-5-3-2-4-6-7;;/h3-6H,1H3;1H;/q;;+1/p-1. The summed E-state index contributed by atoms with van der Waals surface area (Å²) in [6, 6.07) is 8.29. The third-order valence-electron chi connectivity index (χ3n) is 1.31. The third-order valence-corrected chi connectivity index (χ3v) is 10.0. The van der Waals surface area contributed by atoms with Crippen LogP contribution >= 0.6 is 11.9 Å². The van der Waals surface area contributed by atoms with Crippen LogP contribution in [-0.2, 0) is 22.1 Å². The second-order valence-corrected chi connectivity index (χ2v) is 11.1. The summed E-state index contributed by atoms with van der Waals surface area (Å²) in [5, 5.41) is 0. The fraction of sp³-hybridized carbons (Fsp3) is 0.143. The van der Waals surface area contributed by atoms with E-state index < -0.39 is 22.1 Å². The van der Waals surface area contributed by atoms with Gasteiger partial charge in [0.1, 0.15) is 0 Å². The van der Waals surface area contributed by atoms with Crippen molar-refractivity contribution in [3.63, 3.8) is 0 Å². The van der Waals surface area contributed by atoms with Gasteiger partial charge in [0.15, 0.2) is 0 Å². The molecule has 0 atom stereocenters. The number of ether oxygens (including phenoxy) is 1. The Morgan fingerprint density at radius 2 is 1.90 bits per heavy atom. The van der Waals surface area contributed by atoms with E-state index in [1.54, 1.807) is 7.11 Å². The van der Waals surface area contributed by atoms with Gasteiger partial charge in [0.25, 0.3) is 0 Å². The number of benzene rings is 1. The monoisotopic (exact) mass is 388 g/mol. The average Bonchev–Trinajstić information content (AvgIpc) is 2.05. The van der Waals surface area contributed by atoms with Crippen molar-refractivity contribution in [2.75, 3.05) is 7.11 Å². The van der Waals surface area contributed by atoms with Gasteiger partial charge in [-0.3, -0.25) is 0 Å². The molecular weight excluding hydrogens is 381 g/mol. The number of methoxy groups -OCH3 is 1. The van der Waals surface area contributed by atoms with Gasteiger partial charge >= 0.3 is 79.0 Å². The maximum absolute atomic E-state index is 5.02. The van der Waals surface area contributed by atoms with Crippen LogP contribution in [0.5, 0.6) is 5.75 Å². The second kappa shape index (κ2) is 4.34. The van der Waals surface area contributed by atoms with Gasteiger partial charge < -0.3 is 0 Å². The molecule has 0 aromatic heterocycles. The fourth-order valence-corrected chi connectivity index (χ4v) is 5.60. The summed E-state index contributed by atoms with van der Waals surface area (Å²) in [4.78, 5) is 0. The predicted octanol–water partition coefficient (Wildman–Crippen LogP) is 1.71. The van der Waals surface area contributed by atoms with Crippen LogP contribution in [0.2, 0.25) is 0 Å². The quantitative estimate of drug-likeness (QED) is 0.702. The molecule has 0 amide bonds. The van der Waals surface area contributed by atoms with Crippen molar-refractivity contribution in [3.05, 3.63) is 24.3 Å². The van der Waals surface area contributed by atoms with Crippen LogP contribution in [0.15, 0.2) is 24.3 Å². The molecule has 1 aromatic carbocycles. The van der Waals surface area contributed by atoms with Gasteiger partial charge in [-0.25, -0.2) is 0 Å². The van der Waals surface area contributed by atoms with Crippen LogP contribution in [0.25, 0.3) is 0 Å². The van der Waals surface area contributed by atoms with Crippen LogP contribution in [0.3, 0.4) is 0 Å². The molecule has 50 valence electrons. The molecule has 0 radical (unpaired) electrons. The topological polar surface area (TPSA) is 9.23 Å². The molecule has 0 unspecified atom stereocenters. The Labute approximate surface area is 78.5 Å². The molecule has 1 rings (SSSR count). The van der Waals surface area contributed by atoms with Crippen molar-refractivity contribution in [1.29, 1.82) is 0 Å². The Balaban J connectivity index is 2.80. The second-order valence-electron chi connectivity index (χ2n) is 1.98. The van der Waals surface area contributed by atoms with E-state index in [0.29, 0.717) is 0 Å². The van der Waals surface area contributed by atoms with Crippen LogP contribution in [0, 0.1) is 0 Å². The number of hydrogen-bond acceptors (Lipinski definition) is 1. The average molecular weight is 388 g/mol. The first-order chi connectivity index (χ1) is 4.86.